The van der Waals surface area contributed by atoms with Gasteiger partial charge in [-0.1, -0.05) is 28.1 Å². The summed E-state index contributed by atoms with van der Waals surface area (Å²) in [5.41, 5.74) is 1.03. The van der Waals surface area contributed by atoms with Gasteiger partial charge in [-0.3, -0.25) is 9.36 Å². The number of anilines is 1. The Morgan fingerprint density at radius 2 is 1.90 bits per heavy atom. The number of amides is 1. The van der Waals surface area contributed by atoms with E-state index in [-0.39, 0.29) is 11.9 Å². The highest BCUT2D eigenvalue weighted by molar-refractivity contribution is 9.10. The van der Waals surface area contributed by atoms with Crippen LogP contribution in [-0.4, -0.2) is 34.8 Å². The van der Waals surface area contributed by atoms with Crippen molar-refractivity contribution in [2.24, 2.45) is 7.05 Å². The zero-order chi connectivity index (χ0) is 15.6. The summed E-state index contributed by atoms with van der Waals surface area (Å²) in [5.74, 6) is 0.688. The van der Waals surface area contributed by atoms with Crippen LogP contribution >= 0.6 is 15.9 Å². The molecule has 7 heteroatoms. The van der Waals surface area contributed by atoms with E-state index in [0.717, 1.165) is 10.0 Å². The summed E-state index contributed by atoms with van der Waals surface area (Å²) < 4.78 is 2.68. The number of carbonyl (C=O) groups is 1. The first-order chi connectivity index (χ1) is 9.90. The predicted molar refractivity (Wildman–Crippen MR) is 85.4 cm³/mol. The van der Waals surface area contributed by atoms with Crippen LogP contribution < -0.4 is 10.2 Å². The molecule has 21 heavy (non-hydrogen) atoms. The minimum absolute atomic E-state index is 0.106. The maximum atomic E-state index is 12.3. The molecule has 1 amide bonds. The van der Waals surface area contributed by atoms with Crippen LogP contribution in [0.25, 0.3) is 0 Å². The summed E-state index contributed by atoms with van der Waals surface area (Å²) in [5, 5.41) is 10.9. The van der Waals surface area contributed by atoms with Crippen LogP contribution in [-0.2, 0) is 7.05 Å². The van der Waals surface area contributed by atoms with E-state index in [1.54, 1.807) is 11.6 Å². The molecule has 0 saturated carbocycles. The van der Waals surface area contributed by atoms with Crippen LogP contribution in [0.5, 0.6) is 0 Å². The Hall–Kier alpha value is -1.89. The third-order valence-corrected chi connectivity index (χ3v) is 3.70. The molecule has 1 N–H and O–H groups in total. The van der Waals surface area contributed by atoms with E-state index in [9.17, 15) is 4.79 Å². The molecule has 6 nitrogen and oxygen atoms in total. The van der Waals surface area contributed by atoms with Crippen molar-refractivity contribution < 1.29 is 4.79 Å². The largest absolute Gasteiger partial charge is 0.347 e. The monoisotopic (exact) mass is 351 g/mol. The normalized spacial score (nSPS) is 12.0. The summed E-state index contributed by atoms with van der Waals surface area (Å²) >= 11 is 3.39. The Labute approximate surface area is 132 Å². The van der Waals surface area contributed by atoms with Gasteiger partial charge in [0.15, 0.2) is 0 Å². The van der Waals surface area contributed by atoms with Gasteiger partial charge in [0, 0.05) is 25.6 Å². The third kappa shape index (κ3) is 3.41. The second-order valence-electron chi connectivity index (χ2n) is 5.02. The minimum Gasteiger partial charge on any atom is -0.347 e. The van der Waals surface area contributed by atoms with Gasteiger partial charge in [0.1, 0.15) is 0 Å². The average Bonchev–Trinajstić information content (AvgIpc) is 2.81. The number of hydrogen-bond donors (Lipinski definition) is 1. The van der Waals surface area contributed by atoms with Gasteiger partial charge in [-0.15, -0.1) is 10.2 Å². The van der Waals surface area contributed by atoms with Crippen LogP contribution in [0.4, 0.5) is 5.95 Å². The second-order valence-corrected chi connectivity index (χ2v) is 5.94. The Balaban J connectivity index is 2.12. The molecule has 0 aliphatic carbocycles. The average molecular weight is 352 g/mol. The lowest BCUT2D eigenvalue weighted by Gasteiger charge is -2.15. The van der Waals surface area contributed by atoms with Gasteiger partial charge >= 0.3 is 0 Å². The van der Waals surface area contributed by atoms with Crippen molar-refractivity contribution in [3.8, 4) is 0 Å². The zero-order valence-corrected chi connectivity index (χ0v) is 14.0. The van der Waals surface area contributed by atoms with E-state index in [0.29, 0.717) is 11.8 Å². The molecule has 0 aliphatic rings. The molecule has 1 heterocycles. The lowest BCUT2D eigenvalue weighted by molar-refractivity contribution is 0.0926. The summed E-state index contributed by atoms with van der Waals surface area (Å²) in [6, 6.07) is 7.73. The third-order valence-electron chi connectivity index (χ3n) is 3.17. The molecular weight excluding hydrogens is 334 g/mol. The fourth-order valence-electron chi connectivity index (χ4n) is 2.00. The van der Waals surface area contributed by atoms with Crippen molar-refractivity contribution in [1.29, 1.82) is 0 Å². The molecule has 1 atom stereocenters. The standard InChI is InChI=1S/C14H18BrN5O/c1-9(10-5-7-11(15)8-6-10)16-13(21)12-17-18-14(19(2)3)20(12)4/h5-9H,1-4H3,(H,16,21). The quantitative estimate of drug-likeness (QED) is 0.916. The smallest absolute Gasteiger partial charge is 0.289 e. The van der Waals surface area contributed by atoms with Crippen molar-refractivity contribution in [3.63, 3.8) is 0 Å². The van der Waals surface area contributed by atoms with Crippen molar-refractivity contribution in [2.75, 3.05) is 19.0 Å². The zero-order valence-electron chi connectivity index (χ0n) is 12.5. The molecule has 0 radical (unpaired) electrons. The Kier molecular flexibility index (Phi) is 4.62. The topological polar surface area (TPSA) is 63.1 Å². The van der Waals surface area contributed by atoms with Crippen LogP contribution in [0.15, 0.2) is 28.7 Å². The Morgan fingerprint density at radius 1 is 1.29 bits per heavy atom. The van der Waals surface area contributed by atoms with E-state index in [1.807, 2.05) is 50.2 Å². The number of nitrogens with zero attached hydrogens (tertiary/aromatic N) is 4. The van der Waals surface area contributed by atoms with Gasteiger partial charge in [-0.2, -0.15) is 0 Å². The SMILES string of the molecule is CC(NC(=O)c1nnc(N(C)C)n1C)c1ccc(Br)cc1. The first kappa shape index (κ1) is 15.5. The summed E-state index contributed by atoms with van der Waals surface area (Å²) in [4.78, 5) is 14.1. The molecule has 1 aromatic carbocycles. The lowest BCUT2D eigenvalue weighted by Crippen LogP contribution is -2.29. The van der Waals surface area contributed by atoms with Gasteiger partial charge in [-0.25, -0.2) is 0 Å². The Morgan fingerprint density at radius 3 is 2.43 bits per heavy atom. The van der Waals surface area contributed by atoms with Crippen LogP contribution in [0.2, 0.25) is 0 Å². The van der Waals surface area contributed by atoms with E-state index >= 15 is 0 Å². The molecule has 1 aromatic heterocycles. The first-order valence-corrected chi connectivity index (χ1v) is 7.32. The number of hydrogen-bond acceptors (Lipinski definition) is 4. The summed E-state index contributed by atoms with van der Waals surface area (Å²) in [6.45, 7) is 1.93. The van der Waals surface area contributed by atoms with Gasteiger partial charge in [0.05, 0.1) is 6.04 Å². The fourth-order valence-corrected chi connectivity index (χ4v) is 2.27. The highest BCUT2D eigenvalue weighted by Crippen LogP contribution is 2.17. The molecule has 0 saturated heterocycles. The van der Waals surface area contributed by atoms with E-state index in [4.69, 9.17) is 0 Å². The molecule has 2 rings (SSSR count). The molecule has 0 fully saturated rings. The number of nitrogens with one attached hydrogen (secondary N) is 1. The van der Waals surface area contributed by atoms with Gasteiger partial charge < -0.3 is 10.2 Å². The lowest BCUT2D eigenvalue weighted by atomic mass is 10.1. The number of benzene rings is 1. The Bertz CT molecular complexity index is 635. The van der Waals surface area contributed by atoms with Crippen molar-refractivity contribution in [1.82, 2.24) is 20.1 Å². The van der Waals surface area contributed by atoms with Crippen molar-refractivity contribution in [2.45, 2.75) is 13.0 Å². The van der Waals surface area contributed by atoms with Crippen LogP contribution in [0.1, 0.15) is 29.1 Å². The molecule has 0 bridgehead atoms. The number of carbonyl (C=O) groups excluding carboxylic acids is 1. The fraction of sp³-hybridized carbons (Fsp3) is 0.357. The van der Waals surface area contributed by atoms with Crippen molar-refractivity contribution in [3.05, 3.63) is 40.1 Å². The molecule has 112 valence electrons. The van der Waals surface area contributed by atoms with E-state index in [2.05, 4.69) is 31.4 Å². The summed E-state index contributed by atoms with van der Waals surface area (Å²) in [6.07, 6.45) is 0. The number of aromatic nitrogens is 3. The highest BCUT2D eigenvalue weighted by atomic mass is 79.9. The first-order valence-electron chi connectivity index (χ1n) is 6.53. The van der Waals surface area contributed by atoms with Crippen LogP contribution in [0.3, 0.4) is 0 Å². The predicted octanol–water partition coefficient (Wildman–Crippen LogP) is 2.13. The maximum Gasteiger partial charge on any atom is 0.289 e. The number of halogens is 1. The van der Waals surface area contributed by atoms with E-state index in [1.165, 1.54) is 0 Å². The minimum atomic E-state index is -0.242. The van der Waals surface area contributed by atoms with E-state index < -0.39 is 0 Å². The summed E-state index contributed by atoms with van der Waals surface area (Å²) in [7, 11) is 5.49. The van der Waals surface area contributed by atoms with Crippen molar-refractivity contribution >= 4 is 27.8 Å². The van der Waals surface area contributed by atoms with Gasteiger partial charge in [0.2, 0.25) is 11.8 Å². The van der Waals surface area contributed by atoms with Gasteiger partial charge in [-0.05, 0) is 24.6 Å². The molecule has 2 aromatic rings. The molecule has 0 spiro atoms. The van der Waals surface area contributed by atoms with Crippen LogP contribution in [0, 0.1) is 0 Å². The molecule has 1 unspecified atom stereocenters. The van der Waals surface area contributed by atoms with Gasteiger partial charge in [0.25, 0.3) is 5.91 Å². The molecular formula is C14H18BrN5O. The highest BCUT2D eigenvalue weighted by Gasteiger charge is 2.19. The number of rotatable bonds is 4. The second kappa shape index (κ2) is 6.26. The molecule has 0 aliphatic heterocycles. The maximum absolute atomic E-state index is 12.3.